The van der Waals surface area contributed by atoms with Gasteiger partial charge in [-0.15, -0.1) is 0 Å². The number of rotatable bonds is 4. The van der Waals surface area contributed by atoms with E-state index in [4.69, 9.17) is 18.9 Å². The molecule has 0 unspecified atom stereocenters. The summed E-state index contributed by atoms with van der Waals surface area (Å²) in [6.45, 7) is 2.52. The molecule has 2 aromatic carbocycles. The third-order valence-corrected chi connectivity index (χ3v) is 4.30. The molecule has 0 fully saturated rings. The van der Waals surface area contributed by atoms with E-state index in [1.807, 2.05) is 24.3 Å². The molecule has 0 aromatic heterocycles. The standard InChI is InChI=1S/C19H19NO5/c1-12(25-13-6-7-17-18(10-13)24-11-23-17)19(21)20-15-8-9-22-16-5-3-2-4-14(15)16/h2-7,10,12,15H,8-9,11H2,1H3,(H,20,21)/t12-,15+/m0/s1. The van der Waals surface area contributed by atoms with E-state index in [2.05, 4.69) is 5.32 Å². The van der Waals surface area contributed by atoms with Crippen molar-refractivity contribution in [2.24, 2.45) is 0 Å². The molecule has 130 valence electrons. The van der Waals surface area contributed by atoms with Gasteiger partial charge in [0.1, 0.15) is 11.5 Å². The van der Waals surface area contributed by atoms with Gasteiger partial charge in [-0.25, -0.2) is 0 Å². The van der Waals surface area contributed by atoms with Crippen LogP contribution in [0.3, 0.4) is 0 Å². The molecule has 0 spiro atoms. The Kier molecular flexibility index (Phi) is 4.09. The molecule has 0 bridgehead atoms. The van der Waals surface area contributed by atoms with Gasteiger partial charge in [0.2, 0.25) is 6.79 Å². The molecule has 25 heavy (non-hydrogen) atoms. The molecular weight excluding hydrogens is 322 g/mol. The molecule has 2 aliphatic heterocycles. The molecule has 1 amide bonds. The van der Waals surface area contributed by atoms with Crippen LogP contribution in [0.5, 0.6) is 23.0 Å². The van der Waals surface area contributed by atoms with Crippen molar-refractivity contribution < 1.29 is 23.7 Å². The number of hydrogen-bond acceptors (Lipinski definition) is 5. The van der Waals surface area contributed by atoms with Crippen LogP contribution in [0.1, 0.15) is 24.9 Å². The van der Waals surface area contributed by atoms with Crippen molar-refractivity contribution in [1.29, 1.82) is 0 Å². The van der Waals surface area contributed by atoms with Crippen LogP contribution in [0.25, 0.3) is 0 Å². The third kappa shape index (κ3) is 3.20. The number of nitrogens with one attached hydrogen (secondary N) is 1. The van der Waals surface area contributed by atoms with Gasteiger partial charge in [-0.3, -0.25) is 4.79 Å². The number of benzene rings is 2. The van der Waals surface area contributed by atoms with Crippen molar-refractivity contribution in [3.63, 3.8) is 0 Å². The number of carbonyl (C=O) groups excluding carboxylic acids is 1. The molecule has 2 heterocycles. The van der Waals surface area contributed by atoms with Gasteiger partial charge in [0, 0.05) is 18.1 Å². The lowest BCUT2D eigenvalue weighted by molar-refractivity contribution is -0.128. The maximum absolute atomic E-state index is 12.5. The van der Waals surface area contributed by atoms with Gasteiger partial charge in [-0.05, 0) is 25.1 Å². The van der Waals surface area contributed by atoms with Gasteiger partial charge in [0.25, 0.3) is 5.91 Å². The topological polar surface area (TPSA) is 66.0 Å². The van der Waals surface area contributed by atoms with Crippen LogP contribution in [0, 0.1) is 0 Å². The molecule has 0 saturated carbocycles. The van der Waals surface area contributed by atoms with Crippen molar-refractivity contribution in [2.45, 2.75) is 25.5 Å². The van der Waals surface area contributed by atoms with Crippen LogP contribution in [0.15, 0.2) is 42.5 Å². The summed E-state index contributed by atoms with van der Waals surface area (Å²) < 4.78 is 22.0. The molecule has 2 aliphatic rings. The number of amides is 1. The number of fused-ring (bicyclic) bond motifs is 2. The lowest BCUT2D eigenvalue weighted by Crippen LogP contribution is -2.40. The van der Waals surface area contributed by atoms with E-state index < -0.39 is 6.10 Å². The van der Waals surface area contributed by atoms with Gasteiger partial charge >= 0.3 is 0 Å². The highest BCUT2D eigenvalue weighted by Gasteiger charge is 2.25. The average molecular weight is 341 g/mol. The van der Waals surface area contributed by atoms with Crippen molar-refractivity contribution in [3.8, 4) is 23.0 Å². The zero-order chi connectivity index (χ0) is 17.2. The minimum Gasteiger partial charge on any atom is -0.493 e. The van der Waals surface area contributed by atoms with Crippen molar-refractivity contribution >= 4 is 5.91 Å². The van der Waals surface area contributed by atoms with Crippen molar-refractivity contribution in [1.82, 2.24) is 5.32 Å². The summed E-state index contributed by atoms with van der Waals surface area (Å²) in [7, 11) is 0. The first-order valence-electron chi connectivity index (χ1n) is 8.29. The van der Waals surface area contributed by atoms with E-state index >= 15 is 0 Å². The fourth-order valence-electron chi connectivity index (χ4n) is 2.99. The Morgan fingerprint density at radius 1 is 1.12 bits per heavy atom. The lowest BCUT2D eigenvalue weighted by atomic mass is 10.0. The van der Waals surface area contributed by atoms with Gasteiger partial charge < -0.3 is 24.3 Å². The zero-order valence-corrected chi connectivity index (χ0v) is 13.9. The SMILES string of the molecule is C[C@H](Oc1ccc2c(c1)OCO2)C(=O)N[C@@H]1CCOc2ccccc21. The quantitative estimate of drug-likeness (QED) is 0.926. The van der Waals surface area contributed by atoms with Crippen molar-refractivity contribution in [2.75, 3.05) is 13.4 Å². The Morgan fingerprint density at radius 2 is 1.96 bits per heavy atom. The van der Waals surface area contributed by atoms with Gasteiger partial charge in [-0.2, -0.15) is 0 Å². The van der Waals surface area contributed by atoms with E-state index in [9.17, 15) is 4.79 Å². The molecule has 0 saturated heterocycles. The largest absolute Gasteiger partial charge is 0.493 e. The second kappa shape index (κ2) is 6.55. The van der Waals surface area contributed by atoms with E-state index in [-0.39, 0.29) is 18.7 Å². The summed E-state index contributed by atoms with van der Waals surface area (Å²) in [5.41, 5.74) is 0.998. The molecule has 0 radical (unpaired) electrons. The zero-order valence-electron chi connectivity index (χ0n) is 13.9. The van der Waals surface area contributed by atoms with Gasteiger partial charge in [0.15, 0.2) is 17.6 Å². The highest BCUT2D eigenvalue weighted by Crippen LogP contribution is 2.35. The van der Waals surface area contributed by atoms with Crippen LogP contribution in [-0.4, -0.2) is 25.4 Å². The molecule has 2 aromatic rings. The molecule has 0 aliphatic carbocycles. The molecule has 4 rings (SSSR count). The highest BCUT2D eigenvalue weighted by atomic mass is 16.7. The summed E-state index contributed by atoms with van der Waals surface area (Å²) in [5.74, 6) is 2.54. The summed E-state index contributed by atoms with van der Waals surface area (Å²) >= 11 is 0. The Hall–Kier alpha value is -2.89. The first-order chi connectivity index (χ1) is 12.2. The first-order valence-corrected chi connectivity index (χ1v) is 8.29. The number of para-hydroxylation sites is 1. The van der Waals surface area contributed by atoms with E-state index in [0.29, 0.717) is 23.9 Å². The predicted molar refractivity (Wildman–Crippen MR) is 90.1 cm³/mol. The maximum Gasteiger partial charge on any atom is 0.261 e. The predicted octanol–water partition coefficient (Wildman–Crippen LogP) is 2.82. The summed E-state index contributed by atoms with van der Waals surface area (Å²) in [6, 6.07) is 13.0. The van der Waals surface area contributed by atoms with E-state index in [1.165, 1.54) is 0 Å². The summed E-state index contributed by atoms with van der Waals surface area (Å²) in [5, 5.41) is 3.05. The fraction of sp³-hybridized carbons (Fsp3) is 0.316. The first kappa shape index (κ1) is 15.6. The molecule has 6 heteroatoms. The Balaban J connectivity index is 1.41. The summed E-state index contributed by atoms with van der Waals surface area (Å²) in [6.07, 6.45) is 0.106. The van der Waals surface area contributed by atoms with Crippen molar-refractivity contribution in [3.05, 3.63) is 48.0 Å². The maximum atomic E-state index is 12.5. The highest BCUT2D eigenvalue weighted by molar-refractivity contribution is 5.81. The van der Waals surface area contributed by atoms with E-state index in [1.54, 1.807) is 25.1 Å². The van der Waals surface area contributed by atoms with Crippen LogP contribution in [0.2, 0.25) is 0 Å². The van der Waals surface area contributed by atoms with Gasteiger partial charge in [-0.1, -0.05) is 18.2 Å². The van der Waals surface area contributed by atoms with Crippen LogP contribution < -0.4 is 24.3 Å². The Bertz CT molecular complexity index is 791. The van der Waals surface area contributed by atoms with Crippen LogP contribution in [-0.2, 0) is 4.79 Å². The fourth-order valence-corrected chi connectivity index (χ4v) is 2.99. The minimum absolute atomic E-state index is 0.0692. The van der Waals surface area contributed by atoms with E-state index in [0.717, 1.165) is 17.7 Å². The monoisotopic (exact) mass is 341 g/mol. The van der Waals surface area contributed by atoms with Gasteiger partial charge in [0.05, 0.1) is 12.6 Å². The molecule has 1 N–H and O–H groups in total. The normalized spacial score (nSPS) is 18.7. The minimum atomic E-state index is -0.629. The Labute approximate surface area is 145 Å². The number of hydrogen-bond donors (Lipinski definition) is 1. The molecular formula is C19H19NO5. The summed E-state index contributed by atoms with van der Waals surface area (Å²) in [4.78, 5) is 12.5. The van der Waals surface area contributed by atoms with Crippen LogP contribution in [0.4, 0.5) is 0 Å². The smallest absolute Gasteiger partial charge is 0.261 e. The second-order valence-corrected chi connectivity index (χ2v) is 6.01. The average Bonchev–Trinajstić information content (AvgIpc) is 3.10. The second-order valence-electron chi connectivity index (χ2n) is 6.01. The number of carbonyl (C=O) groups is 1. The molecule has 2 atom stereocenters. The lowest BCUT2D eigenvalue weighted by Gasteiger charge is -2.27. The Morgan fingerprint density at radius 3 is 2.88 bits per heavy atom. The molecule has 6 nitrogen and oxygen atoms in total. The third-order valence-electron chi connectivity index (χ3n) is 4.30. The number of ether oxygens (including phenoxy) is 4. The van der Waals surface area contributed by atoms with Crippen LogP contribution >= 0.6 is 0 Å².